The largest absolute Gasteiger partial charge is 0.313 e. The van der Waals surface area contributed by atoms with Gasteiger partial charge in [0, 0.05) is 24.7 Å². The Morgan fingerprint density at radius 2 is 1.83 bits per heavy atom. The molecule has 2 fully saturated rings. The summed E-state index contributed by atoms with van der Waals surface area (Å²) in [5.41, 5.74) is 0. The van der Waals surface area contributed by atoms with Crippen molar-refractivity contribution in [2.24, 2.45) is 5.92 Å². The molecule has 2 heteroatoms. The summed E-state index contributed by atoms with van der Waals surface area (Å²) in [5, 5.41) is 3.66. The average molecular weight is 252 g/mol. The van der Waals surface area contributed by atoms with Gasteiger partial charge in [-0.2, -0.15) is 0 Å². The summed E-state index contributed by atoms with van der Waals surface area (Å²) in [5.74, 6) is 1.01. The third-order valence-electron chi connectivity index (χ3n) is 5.12. The van der Waals surface area contributed by atoms with Crippen molar-refractivity contribution in [1.29, 1.82) is 0 Å². The van der Waals surface area contributed by atoms with Crippen molar-refractivity contribution < 1.29 is 0 Å². The lowest BCUT2D eigenvalue weighted by molar-refractivity contribution is 0.0952. The molecule has 0 spiro atoms. The molecule has 1 aliphatic carbocycles. The van der Waals surface area contributed by atoms with E-state index >= 15 is 0 Å². The van der Waals surface area contributed by atoms with Gasteiger partial charge in [-0.15, -0.1) is 0 Å². The van der Waals surface area contributed by atoms with Crippen LogP contribution in [0.2, 0.25) is 0 Å². The van der Waals surface area contributed by atoms with Gasteiger partial charge in [0.05, 0.1) is 0 Å². The second-order valence-corrected chi connectivity index (χ2v) is 6.67. The molecular formula is C16H32N2. The van der Waals surface area contributed by atoms with Crippen LogP contribution in [0.5, 0.6) is 0 Å². The molecule has 0 aromatic carbocycles. The predicted molar refractivity (Wildman–Crippen MR) is 78.9 cm³/mol. The molecule has 2 rings (SSSR count). The van der Waals surface area contributed by atoms with E-state index in [1.54, 1.807) is 0 Å². The van der Waals surface area contributed by atoms with Crippen LogP contribution in [0.25, 0.3) is 0 Å². The Bertz CT molecular complexity index is 225. The summed E-state index contributed by atoms with van der Waals surface area (Å²) in [6, 6.07) is 2.32. The lowest BCUT2D eigenvalue weighted by Gasteiger charge is -2.40. The van der Waals surface area contributed by atoms with Crippen LogP contribution in [0.15, 0.2) is 0 Å². The fourth-order valence-corrected chi connectivity index (χ4v) is 3.83. The van der Waals surface area contributed by atoms with Crippen LogP contribution >= 0.6 is 0 Å². The number of hydrogen-bond acceptors (Lipinski definition) is 2. The van der Waals surface area contributed by atoms with Gasteiger partial charge in [0.1, 0.15) is 0 Å². The normalized spacial score (nSPS) is 33.5. The standard InChI is InChI=1S/C16H32N2/c1-4-14-7-9-16(10-8-14)18(13(2)3)12-15-6-5-11-17-15/h13-17H,4-12H2,1-3H3. The van der Waals surface area contributed by atoms with Gasteiger partial charge in [-0.05, 0) is 64.8 Å². The molecule has 0 aromatic heterocycles. The first-order valence-corrected chi connectivity index (χ1v) is 8.19. The molecule has 1 saturated carbocycles. The van der Waals surface area contributed by atoms with Crippen molar-refractivity contribution >= 4 is 0 Å². The molecule has 2 aliphatic rings. The third-order valence-corrected chi connectivity index (χ3v) is 5.12. The minimum Gasteiger partial charge on any atom is -0.313 e. The fourth-order valence-electron chi connectivity index (χ4n) is 3.83. The van der Waals surface area contributed by atoms with Gasteiger partial charge in [-0.1, -0.05) is 13.3 Å². The van der Waals surface area contributed by atoms with Crippen molar-refractivity contribution in [3.05, 3.63) is 0 Å². The van der Waals surface area contributed by atoms with Gasteiger partial charge in [0.25, 0.3) is 0 Å². The zero-order valence-electron chi connectivity index (χ0n) is 12.6. The van der Waals surface area contributed by atoms with Gasteiger partial charge >= 0.3 is 0 Å². The highest BCUT2D eigenvalue weighted by Gasteiger charge is 2.29. The predicted octanol–water partition coefficient (Wildman–Crippen LogP) is 3.42. The van der Waals surface area contributed by atoms with E-state index in [9.17, 15) is 0 Å². The lowest BCUT2D eigenvalue weighted by Crippen LogP contribution is -2.48. The van der Waals surface area contributed by atoms with Crippen molar-refractivity contribution in [3.63, 3.8) is 0 Å². The van der Waals surface area contributed by atoms with E-state index in [4.69, 9.17) is 0 Å². The van der Waals surface area contributed by atoms with Crippen LogP contribution in [-0.2, 0) is 0 Å². The molecule has 1 N–H and O–H groups in total. The van der Waals surface area contributed by atoms with E-state index in [-0.39, 0.29) is 0 Å². The summed E-state index contributed by atoms with van der Waals surface area (Å²) >= 11 is 0. The van der Waals surface area contributed by atoms with Crippen LogP contribution in [-0.4, -0.2) is 36.1 Å². The maximum atomic E-state index is 3.66. The highest BCUT2D eigenvalue weighted by atomic mass is 15.2. The quantitative estimate of drug-likeness (QED) is 0.806. The molecule has 2 nitrogen and oxygen atoms in total. The summed E-state index contributed by atoms with van der Waals surface area (Å²) < 4.78 is 0. The van der Waals surface area contributed by atoms with E-state index in [0.717, 1.165) is 18.0 Å². The van der Waals surface area contributed by atoms with Gasteiger partial charge in [0.2, 0.25) is 0 Å². The molecule has 0 amide bonds. The Balaban J connectivity index is 1.85. The Hall–Kier alpha value is -0.0800. The zero-order valence-corrected chi connectivity index (χ0v) is 12.6. The van der Waals surface area contributed by atoms with Crippen LogP contribution in [0, 0.1) is 5.92 Å². The minimum atomic E-state index is 0.704. The van der Waals surface area contributed by atoms with Crippen molar-refractivity contribution in [2.75, 3.05) is 13.1 Å². The van der Waals surface area contributed by atoms with Crippen LogP contribution in [0.3, 0.4) is 0 Å². The highest BCUT2D eigenvalue weighted by molar-refractivity contribution is 4.86. The monoisotopic (exact) mass is 252 g/mol. The summed E-state index contributed by atoms with van der Waals surface area (Å²) in [4.78, 5) is 2.79. The number of hydrogen-bond donors (Lipinski definition) is 1. The van der Waals surface area contributed by atoms with Gasteiger partial charge in [-0.3, -0.25) is 4.90 Å². The Morgan fingerprint density at radius 3 is 2.33 bits per heavy atom. The molecular weight excluding hydrogens is 220 g/mol. The number of nitrogens with one attached hydrogen (secondary N) is 1. The zero-order chi connectivity index (χ0) is 13.0. The minimum absolute atomic E-state index is 0.704. The summed E-state index contributed by atoms with van der Waals surface area (Å²) in [6.07, 6.45) is 9.93. The van der Waals surface area contributed by atoms with Crippen LogP contribution in [0.4, 0.5) is 0 Å². The second-order valence-electron chi connectivity index (χ2n) is 6.67. The summed E-state index contributed by atoms with van der Waals surface area (Å²) in [7, 11) is 0. The Morgan fingerprint density at radius 1 is 1.11 bits per heavy atom. The highest BCUT2D eigenvalue weighted by Crippen LogP contribution is 2.30. The number of rotatable bonds is 5. The second kappa shape index (κ2) is 6.91. The average Bonchev–Trinajstić information content (AvgIpc) is 2.89. The first kappa shape index (κ1) is 14.3. The maximum absolute atomic E-state index is 3.66. The van der Waals surface area contributed by atoms with Crippen LogP contribution < -0.4 is 5.32 Å². The molecule has 1 aliphatic heterocycles. The molecule has 1 unspecified atom stereocenters. The molecule has 1 heterocycles. The molecule has 1 saturated heterocycles. The SMILES string of the molecule is CCC1CCC(N(CC2CCCN2)C(C)C)CC1. The molecule has 1 atom stereocenters. The maximum Gasteiger partial charge on any atom is 0.0195 e. The van der Waals surface area contributed by atoms with Gasteiger partial charge < -0.3 is 5.32 Å². The summed E-state index contributed by atoms with van der Waals surface area (Å²) in [6.45, 7) is 9.62. The van der Waals surface area contributed by atoms with Gasteiger partial charge in [-0.25, -0.2) is 0 Å². The van der Waals surface area contributed by atoms with Crippen molar-refractivity contribution in [2.45, 2.75) is 83.8 Å². The third kappa shape index (κ3) is 3.71. The molecule has 0 aromatic rings. The molecule has 106 valence electrons. The van der Waals surface area contributed by atoms with E-state index in [1.165, 1.54) is 58.0 Å². The Labute approximate surface area is 114 Å². The molecule has 0 radical (unpaired) electrons. The topological polar surface area (TPSA) is 15.3 Å². The van der Waals surface area contributed by atoms with Crippen molar-refractivity contribution in [1.82, 2.24) is 10.2 Å². The lowest BCUT2D eigenvalue weighted by atomic mass is 9.83. The van der Waals surface area contributed by atoms with E-state index in [0.29, 0.717) is 6.04 Å². The van der Waals surface area contributed by atoms with E-state index < -0.39 is 0 Å². The Kier molecular flexibility index (Phi) is 5.50. The number of nitrogens with zero attached hydrogens (tertiary/aromatic N) is 1. The van der Waals surface area contributed by atoms with E-state index in [2.05, 4.69) is 31.0 Å². The van der Waals surface area contributed by atoms with Crippen molar-refractivity contribution in [3.8, 4) is 0 Å². The molecule has 0 bridgehead atoms. The first-order chi connectivity index (χ1) is 8.70. The molecule has 18 heavy (non-hydrogen) atoms. The van der Waals surface area contributed by atoms with Crippen LogP contribution in [0.1, 0.15) is 65.7 Å². The fraction of sp³-hybridized carbons (Fsp3) is 1.00. The van der Waals surface area contributed by atoms with E-state index in [1.807, 2.05) is 0 Å². The van der Waals surface area contributed by atoms with Gasteiger partial charge in [0.15, 0.2) is 0 Å². The smallest absolute Gasteiger partial charge is 0.0195 e. The first-order valence-electron chi connectivity index (χ1n) is 8.19.